The number of rotatable bonds is 5. The molecule has 1 saturated heterocycles. The van der Waals surface area contributed by atoms with E-state index in [1.165, 1.54) is 0 Å². The Bertz CT molecular complexity index is 879. The van der Waals surface area contributed by atoms with E-state index in [1.54, 1.807) is 0 Å². The molecular formula is C21H22N4O2. The van der Waals surface area contributed by atoms with Gasteiger partial charge in [-0.3, -0.25) is 9.69 Å². The molecule has 1 unspecified atom stereocenters. The fourth-order valence-electron chi connectivity index (χ4n) is 3.39. The standard InChI is InChI=1S/C21H22N4O2/c26-20(22-18-11-5-2-6-12-18)17-10-7-13-25(14-17)15-19-23-24-21(27-19)16-8-3-1-4-9-16/h1-6,8-9,11-12,17H,7,10,13-15H2,(H,22,26). The van der Waals surface area contributed by atoms with Crippen LogP contribution in [0.3, 0.4) is 0 Å². The highest BCUT2D eigenvalue weighted by atomic mass is 16.4. The summed E-state index contributed by atoms with van der Waals surface area (Å²) in [6.07, 6.45) is 1.88. The summed E-state index contributed by atoms with van der Waals surface area (Å²) in [7, 11) is 0. The van der Waals surface area contributed by atoms with Crippen molar-refractivity contribution in [2.24, 2.45) is 5.92 Å². The van der Waals surface area contributed by atoms with Crippen molar-refractivity contribution in [1.29, 1.82) is 0 Å². The van der Waals surface area contributed by atoms with E-state index in [1.807, 2.05) is 60.7 Å². The lowest BCUT2D eigenvalue weighted by molar-refractivity contribution is -0.121. The van der Waals surface area contributed by atoms with Crippen LogP contribution in [0.4, 0.5) is 5.69 Å². The Morgan fingerprint density at radius 2 is 1.81 bits per heavy atom. The Morgan fingerprint density at radius 3 is 2.59 bits per heavy atom. The first kappa shape index (κ1) is 17.4. The molecular weight excluding hydrogens is 340 g/mol. The topological polar surface area (TPSA) is 71.3 Å². The van der Waals surface area contributed by atoms with Crippen molar-refractivity contribution in [1.82, 2.24) is 15.1 Å². The molecule has 1 amide bonds. The molecule has 27 heavy (non-hydrogen) atoms. The second-order valence-electron chi connectivity index (χ2n) is 6.80. The number of benzene rings is 2. The van der Waals surface area contributed by atoms with Gasteiger partial charge >= 0.3 is 0 Å². The van der Waals surface area contributed by atoms with Crippen molar-refractivity contribution in [3.63, 3.8) is 0 Å². The summed E-state index contributed by atoms with van der Waals surface area (Å²) in [5.74, 6) is 1.15. The number of hydrogen-bond acceptors (Lipinski definition) is 5. The molecule has 0 bridgehead atoms. The van der Waals surface area contributed by atoms with E-state index < -0.39 is 0 Å². The minimum absolute atomic E-state index is 0.0320. The van der Waals surface area contributed by atoms with Gasteiger partial charge in [-0.1, -0.05) is 36.4 Å². The molecule has 1 aliphatic heterocycles. The first-order chi connectivity index (χ1) is 13.3. The van der Waals surface area contributed by atoms with Gasteiger partial charge in [0.05, 0.1) is 12.5 Å². The molecule has 1 atom stereocenters. The third kappa shape index (κ3) is 4.41. The van der Waals surface area contributed by atoms with Gasteiger partial charge < -0.3 is 9.73 Å². The molecule has 2 heterocycles. The summed E-state index contributed by atoms with van der Waals surface area (Å²) in [5, 5.41) is 11.3. The molecule has 1 N–H and O–H groups in total. The van der Waals surface area contributed by atoms with E-state index in [9.17, 15) is 4.79 Å². The molecule has 4 rings (SSSR count). The number of likely N-dealkylation sites (tertiary alicyclic amines) is 1. The molecule has 0 aliphatic carbocycles. The maximum absolute atomic E-state index is 12.6. The third-order valence-electron chi connectivity index (χ3n) is 4.76. The normalized spacial score (nSPS) is 17.6. The SMILES string of the molecule is O=C(Nc1ccccc1)C1CCCN(Cc2nnc(-c3ccccc3)o2)C1. The van der Waals surface area contributed by atoms with E-state index in [4.69, 9.17) is 4.42 Å². The van der Waals surface area contributed by atoms with Crippen molar-refractivity contribution in [3.8, 4) is 11.5 Å². The molecule has 0 radical (unpaired) electrons. The van der Waals surface area contributed by atoms with E-state index in [0.29, 0.717) is 24.9 Å². The lowest BCUT2D eigenvalue weighted by atomic mass is 9.97. The number of nitrogens with one attached hydrogen (secondary N) is 1. The van der Waals surface area contributed by atoms with E-state index >= 15 is 0 Å². The molecule has 0 saturated carbocycles. The van der Waals surface area contributed by atoms with Crippen molar-refractivity contribution >= 4 is 11.6 Å². The van der Waals surface area contributed by atoms with Crippen LogP contribution in [-0.4, -0.2) is 34.1 Å². The van der Waals surface area contributed by atoms with Crippen molar-refractivity contribution in [3.05, 3.63) is 66.6 Å². The summed E-state index contributed by atoms with van der Waals surface area (Å²) in [4.78, 5) is 14.8. The number of anilines is 1. The van der Waals surface area contributed by atoms with Crippen molar-refractivity contribution in [2.45, 2.75) is 19.4 Å². The van der Waals surface area contributed by atoms with E-state index in [-0.39, 0.29) is 11.8 Å². The zero-order valence-corrected chi connectivity index (χ0v) is 15.0. The summed E-state index contributed by atoms with van der Waals surface area (Å²) in [6, 6.07) is 19.3. The average molecular weight is 362 g/mol. The molecule has 138 valence electrons. The Labute approximate surface area is 158 Å². The van der Waals surface area contributed by atoms with Gasteiger partial charge in [0, 0.05) is 17.8 Å². The number of aromatic nitrogens is 2. The zero-order chi connectivity index (χ0) is 18.5. The Morgan fingerprint density at radius 1 is 1.07 bits per heavy atom. The molecule has 1 fully saturated rings. The molecule has 6 heteroatoms. The lowest BCUT2D eigenvalue weighted by Crippen LogP contribution is -2.40. The number of amides is 1. The number of hydrogen-bond donors (Lipinski definition) is 1. The highest BCUT2D eigenvalue weighted by Crippen LogP contribution is 2.22. The second kappa shape index (κ2) is 8.14. The van der Waals surface area contributed by atoms with Gasteiger partial charge in [0.1, 0.15) is 0 Å². The number of carbonyl (C=O) groups excluding carboxylic acids is 1. The van der Waals surface area contributed by atoms with E-state index in [2.05, 4.69) is 20.4 Å². The minimum Gasteiger partial charge on any atom is -0.419 e. The highest BCUT2D eigenvalue weighted by Gasteiger charge is 2.27. The summed E-state index contributed by atoms with van der Waals surface area (Å²) < 4.78 is 5.80. The maximum atomic E-state index is 12.6. The van der Waals surface area contributed by atoms with Crippen LogP contribution in [0.15, 0.2) is 65.1 Å². The number of piperidine rings is 1. The van der Waals surface area contributed by atoms with Crippen LogP contribution in [0.5, 0.6) is 0 Å². The zero-order valence-electron chi connectivity index (χ0n) is 15.0. The average Bonchev–Trinajstić information content (AvgIpc) is 3.18. The molecule has 3 aromatic rings. The highest BCUT2D eigenvalue weighted by molar-refractivity contribution is 5.92. The van der Waals surface area contributed by atoms with Gasteiger partial charge in [0.15, 0.2) is 0 Å². The third-order valence-corrected chi connectivity index (χ3v) is 4.76. The largest absolute Gasteiger partial charge is 0.419 e. The van der Waals surface area contributed by atoms with Gasteiger partial charge in [-0.15, -0.1) is 10.2 Å². The van der Waals surface area contributed by atoms with Gasteiger partial charge in [-0.25, -0.2) is 0 Å². The maximum Gasteiger partial charge on any atom is 0.247 e. The van der Waals surface area contributed by atoms with Crippen LogP contribution in [0.1, 0.15) is 18.7 Å². The monoisotopic (exact) mass is 362 g/mol. The van der Waals surface area contributed by atoms with Crippen molar-refractivity contribution < 1.29 is 9.21 Å². The van der Waals surface area contributed by atoms with Gasteiger partial charge in [-0.2, -0.15) is 0 Å². The van der Waals surface area contributed by atoms with Crippen LogP contribution < -0.4 is 5.32 Å². The quantitative estimate of drug-likeness (QED) is 0.751. The first-order valence-electron chi connectivity index (χ1n) is 9.24. The smallest absolute Gasteiger partial charge is 0.247 e. The van der Waals surface area contributed by atoms with Gasteiger partial charge in [0.2, 0.25) is 17.7 Å². The molecule has 1 aromatic heterocycles. The number of nitrogens with zero attached hydrogens (tertiary/aromatic N) is 3. The van der Waals surface area contributed by atoms with Crippen LogP contribution >= 0.6 is 0 Å². The molecule has 0 spiro atoms. The summed E-state index contributed by atoms with van der Waals surface area (Å²) >= 11 is 0. The van der Waals surface area contributed by atoms with Crippen molar-refractivity contribution in [2.75, 3.05) is 18.4 Å². The molecule has 2 aromatic carbocycles. The number of carbonyl (C=O) groups is 1. The van der Waals surface area contributed by atoms with Crippen LogP contribution in [-0.2, 0) is 11.3 Å². The van der Waals surface area contributed by atoms with Crippen LogP contribution in [0, 0.1) is 5.92 Å². The first-order valence-corrected chi connectivity index (χ1v) is 9.24. The fraction of sp³-hybridized carbons (Fsp3) is 0.286. The van der Waals surface area contributed by atoms with Crippen LogP contribution in [0.2, 0.25) is 0 Å². The Balaban J connectivity index is 1.36. The Kier molecular flexibility index (Phi) is 5.25. The lowest BCUT2D eigenvalue weighted by Gasteiger charge is -2.30. The van der Waals surface area contributed by atoms with E-state index in [0.717, 1.165) is 30.6 Å². The second-order valence-corrected chi connectivity index (χ2v) is 6.80. The van der Waals surface area contributed by atoms with Crippen LogP contribution in [0.25, 0.3) is 11.5 Å². The predicted octanol–water partition coefficient (Wildman–Crippen LogP) is 3.59. The molecule has 1 aliphatic rings. The van der Waals surface area contributed by atoms with Gasteiger partial charge in [0.25, 0.3) is 0 Å². The fourth-order valence-corrected chi connectivity index (χ4v) is 3.39. The van der Waals surface area contributed by atoms with Gasteiger partial charge in [-0.05, 0) is 43.7 Å². The summed E-state index contributed by atoms with van der Waals surface area (Å²) in [5.41, 5.74) is 1.75. The minimum atomic E-state index is -0.0320. The number of para-hydroxylation sites is 1. The Hall–Kier alpha value is -2.99. The summed E-state index contributed by atoms with van der Waals surface area (Å²) in [6.45, 7) is 2.19. The molecule has 6 nitrogen and oxygen atoms in total. The predicted molar refractivity (Wildman–Crippen MR) is 103 cm³/mol.